The van der Waals surface area contributed by atoms with Gasteiger partial charge in [0, 0.05) is 19.2 Å². The molecule has 2 rings (SSSR count). The summed E-state index contributed by atoms with van der Waals surface area (Å²) in [5, 5.41) is 7.31. The highest BCUT2D eigenvalue weighted by Crippen LogP contribution is 2.20. The van der Waals surface area contributed by atoms with Gasteiger partial charge in [0.05, 0.1) is 17.5 Å². The van der Waals surface area contributed by atoms with E-state index in [9.17, 15) is 8.42 Å². The Morgan fingerprint density at radius 1 is 1.45 bits per heavy atom. The first-order chi connectivity index (χ1) is 9.40. The minimum absolute atomic E-state index is 0.00202. The number of nitrogens with two attached hydrogens (primary N) is 1. The second-order valence-corrected chi connectivity index (χ2v) is 6.89. The van der Waals surface area contributed by atoms with Gasteiger partial charge in [-0.05, 0) is 37.1 Å². The fraction of sp³-hybridized carbons (Fsp3) is 0.462. The molecule has 0 saturated carbocycles. The first kappa shape index (κ1) is 14.8. The summed E-state index contributed by atoms with van der Waals surface area (Å²) in [4.78, 5) is 0. The lowest BCUT2D eigenvalue weighted by Gasteiger charge is -2.21. The van der Waals surface area contributed by atoms with Crippen molar-refractivity contribution in [2.45, 2.75) is 18.9 Å². The normalized spacial score (nSPS) is 18.9. The smallest absolute Gasteiger partial charge is 0.237 e. The average molecular weight is 297 g/mol. The predicted octanol–water partition coefficient (Wildman–Crippen LogP) is 0.916. The number of nitrogens with zero attached hydrogens (tertiary/aromatic N) is 1. The minimum Gasteiger partial charge on any atom is -0.384 e. The van der Waals surface area contributed by atoms with Crippen molar-refractivity contribution in [3.8, 4) is 0 Å². The fourth-order valence-electron chi connectivity index (χ4n) is 2.13. The maximum absolute atomic E-state index is 12.3. The molecule has 20 heavy (non-hydrogen) atoms. The van der Waals surface area contributed by atoms with Crippen LogP contribution in [0.1, 0.15) is 18.4 Å². The molecular weight excluding hydrogens is 278 g/mol. The molecule has 110 valence electrons. The van der Waals surface area contributed by atoms with Crippen LogP contribution in [0.25, 0.3) is 0 Å². The van der Waals surface area contributed by atoms with Crippen LogP contribution in [0.15, 0.2) is 24.3 Å². The SMILES string of the molecule is CN(c1ccc(C(=N)N)cc1)S(=O)(=O)CC1CCCO1. The van der Waals surface area contributed by atoms with Crippen LogP contribution in [0, 0.1) is 5.41 Å². The number of amidine groups is 1. The lowest BCUT2D eigenvalue weighted by atomic mass is 10.2. The zero-order chi connectivity index (χ0) is 14.8. The van der Waals surface area contributed by atoms with E-state index in [0.717, 1.165) is 12.8 Å². The third-order valence-electron chi connectivity index (χ3n) is 3.38. The van der Waals surface area contributed by atoms with Crippen molar-refractivity contribution >= 4 is 21.5 Å². The van der Waals surface area contributed by atoms with Crippen LogP contribution in [-0.4, -0.2) is 39.8 Å². The molecule has 0 spiro atoms. The highest BCUT2D eigenvalue weighted by Gasteiger charge is 2.26. The van der Waals surface area contributed by atoms with E-state index in [-0.39, 0.29) is 17.7 Å². The van der Waals surface area contributed by atoms with E-state index in [4.69, 9.17) is 15.9 Å². The molecule has 0 radical (unpaired) electrons. The Kier molecular flexibility index (Phi) is 4.29. The fourth-order valence-corrected chi connectivity index (χ4v) is 3.53. The van der Waals surface area contributed by atoms with E-state index < -0.39 is 10.0 Å². The van der Waals surface area contributed by atoms with Gasteiger partial charge in [-0.15, -0.1) is 0 Å². The number of anilines is 1. The number of nitrogens with one attached hydrogen (secondary N) is 1. The molecule has 1 fully saturated rings. The van der Waals surface area contributed by atoms with E-state index in [1.165, 1.54) is 11.4 Å². The summed E-state index contributed by atoms with van der Waals surface area (Å²) < 4.78 is 31.2. The molecular formula is C13H19N3O3S. The van der Waals surface area contributed by atoms with Gasteiger partial charge in [0.15, 0.2) is 0 Å². The van der Waals surface area contributed by atoms with Gasteiger partial charge in [-0.2, -0.15) is 0 Å². The Bertz CT molecular complexity index is 577. The van der Waals surface area contributed by atoms with Crippen molar-refractivity contribution in [2.75, 3.05) is 23.7 Å². The molecule has 6 nitrogen and oxygen atoms in total. The van der Waals surface area contributed by atoms with Crippen LogP contribution in [0.3, 0.4) is 0 Å². The quantitative estimate of drug-likeness (QED) is 0.624. The lowest BCUT2D eigenvalue weighted by molar-refractivity contribution is 0.127. The second kappa shape index (κ2) is 5.80. The lowest BCUT2D eigenvalue weighted by Crippen LogP contribution is -2.33. The molecule has 1 heterocycles. The summed E-state index contributed by atoms with van der Waals surface area (Å²) in [5.74, 6) is -0.0424. The third kappa shape index (κ3) is 3.29. The topological polar surface area (TPSA) is 96.5 Å². The highest BCUT2D eigenvalue weighted by atomic mass is 32.2. The number of ether oxygens (including phenoxy) is 1. The first-order valence-electron chi connectivity index (χ1n) is 6.43. The van der Waals surface area contributed by atoms with Gasteiger partial charge < -0.3 is 10.5 Å². The first-order valence-corrected chi connectivity index (χ1v) is 8.04. The van der Waals surface area contributed by atoms with E-state index in [1.807, 2.05) is 0 Å². The van der Waals surface area contributed by atoms with Gasteiger partial charge in [-0.3, -0.25) is 9.71 Å². The van der Waals surface area contributed by atoms with Crippen LogP contribution in [0.5, 0.6) is 0 Å². The Balaban J connectivity index is 2.12. The molecule has 0 amide bonds. The van der Waals surface area contributed by atoms with E-state index >= 15 is 0 Å². The van der Waals surface area contributed by atoms with Crippen molar-refractivity contribution in [1.29, 1.82) is 5.41 Å². The van der Waals surface area contributed by atoms with E-state index in [1.54, 1.807) is 24.3 Å². The van der Waals surface area contributed by atoms with Gasteiger partial charge in [-0.25, -0.2) is 8.42 Å². The molecule has 1 unspecified atom stereocenters. The van der Waals surface area contributed by atoms with Gasteiger partial charge in [0.2, 0.25) is 10.0 Å². The highest BCUT2D eigenvalue weighted by molar-refractivity contribution is 7.92. The largest absolute Gasteiger partial charge is 0.384 e. The van der Waals surface area contributed by atoms with E-state index in [0.29, 0.717) is 17.9 Å². The summed E-state index contributed by atoms with van der Waals surface area (Å²) >= 11 is 0. The Morgan fingerprint density at radius 3 is 2.60 bits per heavy atom. The average Bonchev–Trinajstić information content (AvgIpc) is 2.90. The number of rotatable bonds is 5. The summed E-state index contributed by atoms with van der Waals surface area (Å²) in [6.45, 7) is 0.636. The third-order valence-corrected chi connectivity index (χ3v) is 5.22. The van der Waals surface area contributed by atoms with Gasteiger partial charge in [0.25, 0.3) is 0 Å². The number of nitrogen functional groups attached to an aromatic ring is 1. The van der Waals surface area contributed by atoms with Crippen LogP contribution < -0.4 is 10.0 Å². The number of sulfonamides is 1. The molecule has 0 aliphatic carbocycles. The summed E-state index contributed by atoms with van der Waals surface area (Å²) in [7, 11) is -1.89. The Hall–Kier alpha value is -1.60. The van der Waals surface area contributed by atoms with Crippen molar-refractivity contribution in [1.82, 2.24) is 0 Å². The molecule has 0 bridgehead atoms. The van der Waals surface area contributed by atoms with Gasteiger partial charge in [-0.1, -0.05) is 0 Å². The maximum atomic E-state index is 12.3. The van der Waals surface area contributed by atoms with Crippen molar-refractivity contribution < 1.29 is 13.2 Å². The molecule has 7 heteroatoms. The van der Waals surface area contributed by atoms with Crippen molar-refractivity contribution in [3.05, 3.63) is 29.8 Å². The second-order valence-electron chi connectivity index (χ2n) is 4.84. The molecule has 1 aliphatic heterocycles. The number of hydrogen-bond donors (Lipinski definition) is 2. The molecule has 1 atom stereocenters. The van der Waals surface area contributed by atoms with E-state index in [2.05, 4.69) is 0 Å². The molecule has 3 N–H and O–H groups in total. The van der Waals surface area contributed by atoms with Gasteiger partial charge >= 0.3 is 0 Å². The van der Waals surface area contributed by atoms with Gasteiger partial charge in [0.1, 0.15) is 5.84 Å². The molecule has 1 aromatic carbocycles. The van der Waals surface area contributed by atoms with Crippen molar-refractivity contribution in [2.24, 2.45) is 5.73 Å². The zero-order valence-electron chi connectivity index (χ0n) is 11.4. The van der Waals surface area contributed by atoms with Crippen LogP contribution in [0.2, 0.25) is 0 Å². The summed E-state index contributed by atoms with van der Waals surface area (Å²) in [6.07, 6.45) is 1.49. The monoisotopic (exact) mass is 297 g/mol. The number of hydrogen-bond acceptors (Lipinski definition) is 4. The molecule has 1 aliphatic rings. The van der Waals surface area contributed by atoms with Crippen LogP contribution in [0.4, 0.5) is 5.69 Å². The molecule has 0 aromatic heterocycles. The van der Waals surface area contributed by atoms with Crippen LogP contribution in [-0.2, 0) is 14.8 Å². The molecule has 1 aromatic rings. The maximum Gasteiger partial charge on any atom is 0.237 e. The number of benzene rings is 1. The minimum atomic E-state index is -3.41. The Morgan fingerprint density at radius 2 is 2.10 bits per heavy atom. The standard InChI is InChI=1S/C13H19N3O3S/c1-16(11-6-4-10(5-7-11)13(14)15)20(17,18)9-12-3-2-8-19-12/h4-7,12H,2-3,8-9H2,1H3,(H3,14,15). The zero-order valence-corrected chi connectivity index (χ0v) is 12.2. The summed E-state index contributed by atoms with van der Waals surface area (Å²) in [6, 6.07) is 6.55. The summed E-state index contributed by atoms with van der Waals surface area (Å²) in [5.41, 5.74) is 6.49. The molecule has 1 saturated heterocycles. The predicted molar refractivity (Wildman–Crippen MR) is 78.6 cm³/mol. The van der Waals surface area contributed by atoms with Crippen LogP contribution >= 0.6 is 0 Å². The van der Waals surface area contributed by atoms with Crippen molar-refractivity contribution in [3.63, 3.8) is 0 Å². The Labute approximate surface area is 119 Å².